The maximum atomic E-state index is 12.5. The number of ether oxygens (including phenoxy) is 1. The van der Waals surface area contributed by atoms with Crippen LogP contribution < -0.4 is 15.0 Å². The zero-order valence-electron chi connectivity index (χ0n) is 16.5. The van der Waals surface area contributed by atoms with Gasteiger partial charge in [0, 0.05) is 12.6 Å². The van der Waals surface area contributed by atoms with Crippen molar-refractivity contribution < 1.29 is 14.3 Å². The molecule has 5 heteroatoms. The monoisotopic (exact) mass is 388 g/mol. The van der Waals surface area contributed by atoms with Crippen molar-refractivity contribution in [3.63, 3.8) is 0 Å². The van der Waals surface area contributed by atoms with Gasteiger partial charge in [-0.3, -0.25) is 9.59 Å². The van der Waals surface area contributed by atoms with Crippen LogP contribution in [-0.2, 0) is 9.59 Å². The fraction of sp³-hybridized carbons (Fsp3) is 0.167. The minimum absolute atomic E-state index is 0.0502. The Morgan fingerprint density at radius 2 is 1.41 bits per heavy atom. The summed E-state index contributed by atoms with van der Waals surface area (Å²) in [5, 5.41) is 2.94. The second-order valence-electron chi connectivity index (χ2n) is 6.71. The molecule has 0 aliphatic carbocycles. The first kappa shape index (κ1) is 20.1. The summed E-state index contributed by atoms with van der Waals surface area (Å²) in [4.78, 5) is 26.1. The molecule has 0 aliphatic rings. The summed E-state index contributed by atoms with van der Waals surface area (Å²) in [6.07, 6.45) is 0. The lowest BCUT2D eigenvalue weighted by atomic mass is 10.1. The number of nitrogens with one attached hydrogen (secondary N) is 1. The Labute approximate surface area is 170 Å². The second kappa shape index (κ2) is 9.55. The van der Waals surface area contributed by atoms with Crippen LogP contribution >= 0.6 is 0 Å². The quantitative estimate of drug-likeness (QED) is 0.638. The molecule has 1 unspecified atom stereocenters. The molecular formula is C24H24N2O3. The molecular weight excluding hydrogens is 364 g/mol. The summed E-state index contributed by atoms with van der Waals surface area (Å²) >= 11 is 0. The van der Waals surface area contributed by atoms with Crippen molar-refractivity contribution in [3.8, 4) is 11.5 Å². The van der Waals surface area contributed by atoms with Crippen LogP contribution in [0.3, 0.4) is 0 Å². The van der Waals surface area contributed by atoms with Gasteiger partial charge in [0.2, 0.25) is 11.8 Å². The lowest BCUT2D eigenvalue weighted by molar-refractivity contribution is -0.123. The van der Waals surface area contributed by atoms with E-state index in [0.717, 1.165) is 11.3 Å². The van der Waals surface area contributed by atoms with Crippen molar-refractivity contribution in [1.29, 1.82) is 0 Å². The first-order valence-corrected chi connectivity index (χ1v) is 9.48. The number of hydrogen-bond acceptors (Lipinski definition) is 3. The molecule has 0 spiro atoms. The highest BCUT2D eigenvalue weighted by atomic mass is 16.5. The predicted molar refractivity (Wildman–Crippen MR) is 114 cm³/mol. The number of amides is 2. The highest BCUT2D eigenvalue weighted by Gasteiger charge is 2.17. The number of hydrogen-bond donors (Lipinski definition) is 1. The zero-order valence-corrected chi connectivity index (χ0v) is 16.5. The van der Waals surface area contributed by atoms with E-state index in [9.17, 15) is 9.59 Å². The maximum absolute atomic E-state index is 12.5. The van der Waals surface area contributed by atoms with Gasteiger partial charge < -0.3 is 15.0 Å². The number of benzene rings is 3. The topological polar surface area (TPSA) is 58.6 Å². The van der Waals surface area contributed by atoms with E-state index in [-0.39, 0.29) is 24.4 Å². The molecule has 3 aromatic carbocycles. The Bertz CT molecular complexity index is 941. The molecule has 148 valence electrons. The largest absolute Gasteiger partial charge is 0.457 e. The van der Waals surface area contributed by atoms with Crippen LogP contribution in [0, 0.1) is 0 Å². The zero-order chi connectivity index (χ0) is 20.6. The summed E-state index contributed by atoms with van der Waals surface area (Å²) in [6, 6.07) is 26.1. The Kier molecular flexibility index (Phi) is 6.63. The molecule has 3 rings (SSSR count). The molecule has 0 saturated heterocycles. The SMILES string of the molecule is CC(=O)N(CC(=O)NC(C)c1ccccc1)c1ccc(Oc2ccccc2)cc1. The van der Waals surface area contributed by atoms with Crippen LogP contribution in [0.15, 0.2) is 84.9 Å². The van der Waals surface area contributed by atoms with Crippen LogP contribution in [0.1, 0.15) is 25.5 Å². The summed E-state index contributed by atoms with van der Waals surface area (Å²) in [6.45, 7) is 3.31. The van der Waals surface area contributed by atoms with E-state index in [1.165, 1.54) is 11.8 Å². The van der Waals surface area contributed by atoms with E-state index < -0.39 is 0 Å². The van der Waals surface area contributed by atoms with Gasteiger partial charge in [0.25, 0.3) is 0 Å². The predicted octanol–water partition coefficient (Wildman–Crippen LogP) is 4.71. The van der Waals surface area contributed by atoms with Gasteiger partial charge >= 0.3 is 0 Å². The Hall–Kier alpha value is -3.60. The molecule has 0 aliphatic heterocycles. The van der Waals surface area contributed by atoms with Gasteiger partial charge in [-0.25, -0.2) is 0 Å². The molecule has 0 radical (unpaired) electrons. The molecule has 0 saturated carbocycles. The molecule has 0 bridgehead atoms. The molecule has 2 amide bonds. The van der Waals surface area contributed by atoms with Crippen molar-refractivity contribution in [2.45, 2.75) is 19.9 Å². The van der Waals surface area contributed by atoms with Gasteiger partial charge in [-0.05, 0) is 48.9 Å². The number of carbonyl (C=O) groups excluding carboxylic acids is 2. The molecule has 5 nitrogen and oxygen atoms in total. The van der Waals surface area contributed by atoms with E-state index in [4.69, 9.17) is 4.74 Å². The minimum Gasteiger partial charge on any atom is -0.457 e. The van der Waals surface area contributed by atoms with E-state index in [1.807, 2.05) is 67.6 Å². The van der Waals surface area contributed by atoms with Crippen LogP contribution in [0.4, 0.5) is 5.69 Å². The van der Waals surface area contributed by atoms with Crippen LogP contribution in [0.25, 0.3) is 0 Å². The van der Waals surface area contributed by atoms with Crippen molar-refractivity contribution in [1.82, 2.24) is 5.32 Å². The summed E-state index contributed by atoms with van der Waals surface area (Å²) in [5.74, 6) is 0.967. The van der Waals surface area contributed by atoms with Crippen molar-refractivity contribution in [2.24, 2.45) is 0 Å². The van der Waals surface area contributed by atoms with Crippen molar-refractivity contribution in [2.75, 3.05) is 11.4 Å². The van der Waals surface area contributed by atoms with Gasteiger partial charge in [-0.1, -0.05) is 48.5 Å². The van der Waals surface area contributed by atoms with Crippen LogP contribution in [-0.4, -0.2) is 18.4 Å². The van der Waals surface area contributed by atoms with E-state index >= 15 is 0 Å². The summed E-state index contributed by atoms with van der Waals surface area (Å²) < 4.78 is 5.77. The van der Waals surface area contributed by atoms with Crippen LogP contribution in [0.5, 0.6) is 11.5 Å². The third kappa shape index (κ3) is 5.69. The highest BCUT2D eigenvalue weighted by Crippen LogP contribution is 2.24. The number of anilines is 1. The van der Waals surface area contributed by atoms with Gasteiger partial charge in [-0.15, -0.1) is 0 Å². The molecule has 0 heterocycles. The van der Waals surface area contributed by atoms with E-state index in [1.54, 1.807) is 24.3 Å². The Balaban J connectivity index is 1.64. The number of carbonyl (C=O) groups is 2. The van der Waals surface area contributed by atoms with Gasteiger partial charge in [0.1, 0.15) is 18.0 Å². The van der Waals surface area contributed by atoms with E-state index in [0.29, 0.717) is 11.4 Å². The van der Waals surface area contributed by atoms with Gasteiger partial charge in [-0.2, -0.15) is 0 Å². The number of nitrogens with zero attached hydrogens (tertiary/aromatic N) is 1. The molecule has 0 aromatic heterocycles. The molecule has 0 fully saturated rings. The van der Waals surface area contributed by atoms with Gasteiger partial charge in [0.15, 0.2) is 0 Å². The first-order chi connectivity index (χ1) is 14.0. The average Bonchev–Trinajstić information content (AvgIpc) is 2.74. The minimum atomic E-state index is -0.221. The summed E-state index contributed by atoms with van der Waals surface area (Å²) in [7, 11) is 0. The standard InChI is InChI=1S/C24H24N2O3/c1-18(20-9-5-3-6-10-20)25-24(28)17-26(19(2)27)21-13-15-23(16-14-21)29-22-11-7-4-8-12-22/h3-16,18H,17H2,1-2H3,(H,25,28). The normalized spacial score (nSPS) is 11.4. The molecule has 3 aromatic rings. The fourth-order valence-corrected chi connectivity index (χ4v) is 2.96. The van der Waals surface area contributed by atoms with Gasteiger partial charge in [0.05, 0.1) is 6.04 Å². The third-order valence-electron chi connectivity index (χ3n) is 4.49. The van der Waals surface area contributed by atoms with Crippen molar-refractivity contribution >= 4 is 17.5 Å². The number of rotatable bonds is 7. The van der Waals surface area contributed by atoms with E-state index in [2.05, 4.69) is 5.32 Å². The smallest absolute Gasteiger partial charge is 0.240 e. The molecule has 1 N–H and O–H groups in total. The third-order valence-corrected chi connectivity index (χ3v) is 4.49. The van der Waals surface area contributed by atoms with Crippen LogP contribution in [0.2, 0.25) is 0 Å². The lowest BCUT2D eigenvalue weighted by Gasteiger charge is -2.22. The lowest BCUT2D eigenvalue weighted by Crippen LogP contribution is -2.40. The average molecular weight is 388 g/mol. The molecule has 1 atom stereocenters. The maximum Gasteiger partial charge on any atom is 0.240 e. The number of para-hydroxylation sites is 1. The Morgan fingerprint density at radius 1 is 0.862 bits per heavy atom. The Morgan fingerprint density at radius 3 is 2.00 bits per heavy atom. The summed E-state index contributed by atoms with van der Waals surface area (Å²) in [5.41, 5.74) is 1.65. The molecule has 29 heavy (non-hydrogen) atoms. The highest BCUT2D eigenvalue weighted by molar-refractivity contribution is 5.97. The van der Waals surface area contributed by atoms with Crippen molar-refractivity contribution in [3.05, 3.63) is 90.5 Å². The fourth-order valence-electron chi connectivity index (χ4n) is 2.96. The second-order valence-corrected chi connectivity index (χ2v) is 6.71. The first-order valence-electron chi connectivity index (χ1n) is 9.48.